The first kappa shape index (κ1) is 25.2. The minimum Gasteiger partial charge on any atom is -0.347 e. The fourth-order valence-corrected chi connectivity index (χ4v) is 6.55. The summed E-state index contributed by atoms with van der Waals surface area (Å²) in [6, 6.07) is 17.4. The van der Waals surface area contributed by atoms with Gasteiger partial charge in [0, 0.05) is 41.6 Å². The number of hydrogen-bond acceptors (Lipinski definition) is 3. The highest BCUT2D eigenvalue weighted by molar-refractivity contribution is 7.85. The lowest BCUT2D eigenvalue weighted by atomic mass is 9.79. The van der Waals surface area contributed by atoms with Crippen molar-refractivity contribution in [2.45, 2.75) is 43.4 Å². The summed E-state index contributed by atoms with van der Waals surface area (Å²) in [7, 11) is -0.138. The minimum atomic E-state index is -4.29. The number of para-hydroxylation sites is 1. The molecular weight excluding hydrogens is 480 g/mol. The van der Waals surface area contributed by atoms with E-state index in [4.69, 9.17) is 0 Å². The van der Waals surface area contributed by atoms with Crippen molar-refractivity contribution in [1.82, 2.24) is 0 Å². The zero-order chi connectivity index (χ0) is 26.8. The van der Waals surface area contributed by atoms with Crippen molar-refractivity contribution < 1.29 is 17.5 Å². The van der Waals surface area contributed by atoms with Crippen molar-refractivity contribution in [3.63, 3.8) is 0 Å². The predicted molar refractivity (Wildman–Crippen MR) is 152 cm³/mol. The van der Waals surface area contributed by atoms with Crippen LogP contribution in [0.2, 0.25) is 0 Å². The first-order valence-electron chi connectivity index (χ1n) is 12.4. The predicted octanol–water partition coefficient (Wildman–Crippen LogP) is 6.52. The molecule has 5 nitrogen and oxygen atoms in total. The number of fused-ring (bicyclic) bond motifs is 4. The van der Waals surface area contributed by atoms with E-state index in [0.717, 1.165) is 27.7 Å². The lowest BCUT2D eigenvalue weighted by Crippen LogP contribution is -2.26. The average Bonchev–Trinajstić information content (AvgIpc) is 3.16. The third-order valence-electron chi connectivity index (χ3n) is 7.93. The van der Waals surface area contributed by atoms with Crippen molar-refractivity contribution >= 4 is 38.0 Å². The second kappa shape index (κ2) is 8.54. The minimum absolute atomic E-state index is 0.0641. The Morgan fingerprint density at radius 1 is 0.919 bits per heavy atom. The van der Waals surface area contributed by atoms with E-state index in [1.165, 1.54) is 23.0 Å². The van der Waals surface area contributed by atoms with E-state index >= 15 is 0 Å². The average molecular weight is 514 g/mol. The monoisotopic (exact) mass is 513 g/mol. The maximum absolute atomic E-state index is 11.8. The van der Waals surface area contributed by atoms with Crippen molar-refractivity contribution in [2.24, 2.45) is 0 Å². The molecule has 3 aromatic carbocycles. The molecule has 0 unspecified atom stereocenters. The lowest BCUT2D eigenvalue weighted by molar-refractivity contribution is -0.401. The molecule has 0 amide bonds. The molecule has 1 N–H and O–H groups in total. The molecule has 0 aromatic heterocycles. The molecule has 0 fully saturated rings. The maximum atomic E-state index is 11.8. The summed E-state index contributed by atoms with van der Waals surface area (Å²) in [4.78, 5) is 2.17. The smallest absolute Gasteiger partial charge is 0.294 e. The third kappa shape index (κ3) is 3.95. The van der Waals surface area contributed by atoms with Crippen LogP contribution >= 0.6 is 0 Å². The van der Waals surface area contributed by atoms with Gasteiger partial charge in [0.05, 0.1) is 10.3 Å². The van der Waals surface area contributed by atoms with Gasteiger partial charge in [0.1, 0.15) is 7.05 Å². The van der Waals surface area contributed by atoms with Gasteiger partial charge in [-0.2, -0.15) is 13.0 Å². The summed E-state index contributed by atoms with van der Waals surface area (Å²) in [5.41, 5.74) is 6.59. The van der Waals surface area contributed by atoms with Crippen LogP contribution in [0, 0.1) is 0 Å². The first-order valence-corrected chi connectivity index (χ1v) is 13.8. The number of rotatable bonds is 4. The van der Waals surface area contributed by atoms with E-state index in [1.54, 1.807) is 12.1 Å². The highest BCUT2D eigenvalue weighted by Crippen LogP contribution is 2.47. The highest BCUT2D eigenvalue weighted by Gasteiger charge is 2.44. The van der Waals surface area contributed by atoms with E-state index in [-0.39, 0.29) is 15.7 Å². The first-order chi connectivity index (χ1) is 17.3. The molecule has 0 atom stereocenters. The number of hydrogen-bond donors (Lipinski definition) is 1. The van der Waals surface area contributed by atoms with Gasteiger partial charge < -0.3 is 4.90 Å². The van der Waals surface area contributed by atoms with Crippen molar-refractivity contribution in [2.75, 3.05) is 19.0 Å². The summed E-state index contributed by atoms with van der Waals surface area (Å²) in [6.45, 7) is 8.80. The van der Waals surface area contributed by atoms with Crippen LogP contribution in [-0.4, -0.2) is 37.4 Å². The number of anilines is 1. The summed E-state index contributed by atoms with van der Waals surface area (Å²) < 4.78 is 35.4. The largest absolute Gasteiger partial charge is 0.347 e. The molecule has 6 heteroatoms. The molecule has 0 radical (unpaired) electrons. The van der Waals surface area contributed by atoms with E-state index in [1.807, 2.05) is 19.2 Å². The van der Waals surface area contributed by atoms with Gasteiger partial charge in [-0.15, -0.1) is 0 Å². The molecule has 2 aliphatic heterocycles. The highest BCUT2D eigenvalue weighted by atomic mass is 32.2. The number of nitrogens with zero attached hydrogens (tertiary/aromatic N) is 2. The van der Waals surface area contributed by atoms with Crippen LogP contribution in [0.5, 0.6) is 0 Å². The zero-order valence-electron chi connectivity index (χ0n) is 22.1. The second-order valence-electron chi connectivity index (χ2n) is 10.9. The van der Waals surface area contributed by atoms with Gasteiger partial charge in [0.25, 0.3) is 10.1 Å². The van der Waals surface area contributed by atoms with Crippen molar-refractivity contribution in [3.05, 3.63) is 102 Å². The van der Waals surface area contributed by atoms with E-state index in [0.29, 0.717) is 0 Å². The number of allylic oxidation sites excluding steroid dienone is 6. The summed E-state index contributed by atoms with van der Waals surface area (Å²) in [6.07, 6.45) is 10.5. The van der Waals surface area contributed by atoms with Crippen molar-refractivity contribution in [3.8, 4) is 0 Å². The van der Waals surface area contributed by atoms with Crippen LogP contribution in [0.1, 0.15) is 38.8 Å². The molecule has 5 rings (SSSR count). The lowest BCUT2D eigenvalue weighted by Gasteiger charge is -2.23. The Bertz CT molecular complexity index is 1670. The van der Waals surface area contributed by atoms with Gasteiger partial charge in [0.2, 0.25) is 5.69 Å². The van der Waals surface area contributed by atoms with Gasteiger partial charge in [-0.25, -0.2) is 0 Å². The normalized spacial score (nSPS) is 19.5. The Hall–Kier alpha value is -3.48. The molecular formula is C31H33N2O3S+. The van der Waals surface area contributed by atoms with Gasteiger partial charge >= 0.3 is 0 Å². The Labute approximate surface area is 219 Å². The standard InChI is InChI=1S/C31H32N2O3S/c1-30(2)24-12-10-11-13-25(24)32(5)27(30)14-8-7-9-15-28-31(3,4)29-23-20-22(37(34,35)36)18-16-21(23)17-19-26(29)33(28)6/h7-20H,1-6H3/p+1. The molecule has 37 heavy (non-hydrogen) atoms. The van der Waals surface area contributed by atoms with Crippen LogP contribution in [0.4, 0.5) is 11.4 Å². The van der Waals surface area contributed by atoms with Crippen molar-refractivity contribution in [1.29, 1.82) is 0 Å². The topological polar surface area (TPSA) is 60.6 Å². The van der Waals surface area contributed by atoms with Crippen LogP contribution < -0.4 is 4.90 Å². The third-order valence-corrected chi connectivity index (χ3v) is 8.78. The fraction of sp³-hybridized carbons (Fsp3) is 0.258. The number of likely N-dealkylation sites (N-methyl/N-ethyl adjacent to an activating group) is 1. The Balaban J connectivity index is 1.46. The molecule has 190 valence electrons. The summed E-state index contributed by atoms with van der Waals surface area (Å²) in [5.74, 6) is 0. The van der Waals surface area contributed by atoms with Crippen LogP contribution in [0.25, 0.3) is 10.8 Å². The molecule has 2 heterocycles. The quantitative estimate of drug-likeness (QED) is 0.245. The molecule has 0 saturated heterocycles. The molecule has 0 aliphatic carbocycles. The van der Waals surface area contributed by atoms with E-state index in [9.17, 15) is 13.0 Å². The summed E-state index contributed by atoms with van der Waals surface area (Å²) in [5, 5.41) is 1.77. The fourth-order valence-electron chi connectivity index (χ4n) is 6.04. The Morgan fingerprint density at radius 2 is 1.62 bits per heavy atom. The van der Waals surface area contributed by atoms with Gasteiger partial charge in [-0.05, 0) is 60.5 Å². The molecule has 0 spiro atoms. The van der Waals surface area contributed by atoms with E-state index < -0.39 is 10.1 Å². The summed E-state index contributed by atoms with van der Waals surface area (Å²) >= 11 is 0. The van der Waals surface area contributed by atoms with Crippen LogP contribution in [0.15, 0.2) is 95.6 Å². The number of benzene rings is 3. The SMILES string of the molecule is CN1/C(=C/C=C/C=C/C2=[N+](C)c3ccc4ccc(S(=O)(=O)O)cc4c3C2(C)C)C(C)(C)c2ccccc21. The Kier molecular flexibility index (Phi) is 5.81. The molecule has 0 saturated carbocycles. The zero-order valence-corrected chi connectivity index (χ0v) is 23.0. The van der Waals surface area contributed by atoms with E-state index in [2.05, 4.69) is 98.9 Å². The van der Waals surface area contributed by atoms with Gasteiger partial charge in [-0.1, -0.05) is 56.3 Å². The van der Waals surface area contributed by atoms with Gasteiger partial charge in [-0.3, -0.25) is 4.55 Å². The van der Waals surface area contributed by atoms with Crippen LogP contribution in [-0.2, 0) is 20.9 Å². The molecule has 0 bridgehead atoms. The van der Waals surface area contributed by atoms with Crippen LogP contribution in [0.3, 0.4) is 0 Å². The Morgan fingerprint density at radius 3 is 2.32 bits per heavy atom. The molecule has 3 aromatic rings. The van der Waals surface area contributed by atoms with Gasteiger partial charge in [0.15, 0.2) is 5.71 Å². The maximum Gasteiger partial charge on any atom is 0.294 e. The second-order valence-corrected chi connectivity index (χ2v) is 12.3. The molecule has 2 aliphatic rings.